The quantitative estimate of drug-likeness (QED) is 0.849. The Kier molecular flexibility index (Phi) is 4.48. The number of amides is 1. The molecule has 2 aromatic carbocycles. The zero-order valence-electron chi connectivity index (χ0n) is 11.2. The van der Waals surface area contributed by atoms with E-state index in [4.69, 9.17) is 18.0 Å². The molecule has 4 heteroatoms. The van der Waals surface area contributed by atoms with Crippen LogP contribution in [0.15, 0.2) is 54.6 Å². The monoisotopic (exact) mass is 284 g/mol. The molecular formula is C16H16N2OS. The van der Waals surface area contributed by atoms with Gasteiger partial charge in [0.25, 0.3) is 5.91 Å². The number of thiocarbonyl (C=S) groups is 1. The number of carbonyl (C=O) groups is 1. The molecule has 3 N–H and O–H groups in total. The molecule has 102 valence electrons. The number of hydrogen-bond donors (Lipinski definition) is 2. The highest BCUT2D eigenvalue weighted by molar-refractivity contribution is 7.80. The fraction of sp³-hybridized carbons (Fsp3) is 0.125. The number of hydrogen-bond acceptors (Lipinski definition) is 2. The number of nitrogens with two attached hydrogens (primary N) is 1. The summed E-state index contributed by atoms with van der Waals surface area (Å²) >= 11 is 4.88. The Hall–Kier alpha value is -2.20. The smallest absolute Gasteiger partial charge is 0.251 e. The van der Waals surface area contributed by atoms with Crippen molar-refractivity contribution in [2.45, 2.75) is 13.0 Å². The van der Waals surface area contributed by atoms with E-state index in [1.165, 1.54) is 0 Å². The van der Waals surface area contributed by atoms with Gasteiger partial charge in [-0.05, 0) is 24.6 Å². The first-order valence-corrected chi connectivity index (χ1v) is 6.74. The van der Waals surface area contributed by atoms with E-state index >= 15 is 0 Å². The Morgan fingerprint density at radius 1 is 1.05 bits per heavy atom. The summed E-state index contributed by atoms with van der Waals surface area (Å²) < 4.78 is 0. The molecule has 1 atom stereocenters. The van der Waals surface area contributed by atoms with E-state index in [0.29, 0.717) is 10.6 Å². The van der Waals surface area contributed by atoms with Gasteiger partial charge in [-0.15, -0.1) is 0 Å². The molecule has 0 aliphatic heterocycles. The van der Waals surface area contributed by atoms with Gasteiger partial charge in [-0.1, -0.05) is 54.7 Å². The summed E-state index contributed by atoms with van der Waals surface area (Å²) in [6, 6.07) is 16.7. The van der Waals surface area contributed by atoms with E-state index in [-0.39, 0.29) is 11.9 Å². The van der Waals surface area contributed by atoms with Crippen LogP contribution < -0.4 is 11.1 Å². The molecule has 2 rings (SSSR count). The van der Waals surface area contributed by atoms with Crippen molar-refractivity contribution in [2.75, 3.05) is 0 Å². The Morgan fingerprint density at radius 3 is 2.15 bits per heavy atom. The zero-order valence-corrected chi connectivity index (χ0v) is 12.0. The highest BCUT2D eigenvalue weighted by Gasteiger charge is 2.11. The molecule has 1 amide bonds. The van der Waals surface area contributed by atoms with Crippen LogP contribution >= 0.6 is 12.2 Å². The van der Waals surface area contributed by atoms with Gasteiger partial charge in [0.15, 0.2) is 0 Å². The van der Waals surface area contributed by atoms with Crippen LogP contribution in [-0.2, 0) is 0 Å². The van der Waals surface area contributed by atoms with Gasteiger partial charge in [0.1, 0.15) is 4.99 Å². The maximum Gasteiger partial charge on any atom is 0.251 e. The lowest BCUT2D eigenvalue weighted by Gasteiger charge is -2.14. The molecule has 0 aliphatic rings. The molecule has 0 saturated carbocycles. The summed E-state index contributed by atoms with van der Waals surface area (Å²) in [5, 5.41) is 2.96. The van der Waals surface area contributed by atoms with Gasteiger partial charge in [-0.3, -0.25) is 4.79 Å². The first-order valence-electron chi connectivity index (χ1n) is 6.33. The van der Waals surface area contributed by atoms with Gasteiger partial charge in [0.2, 0.25) is 0 Å². The van der Waals surface area contributed by atoms with E-state index in [1.54, 1.807) is 24.3 Å². The normalized spacial score (nSPS) is 11.7. The van der Waals surface area contributed by atoms with Crippen LogP contribution in [0, 0.1) is 0 Å². The third-order valence-corrected chi connectivity index (χ3v) is 3.31. The second-order valence-electron chi connectivity index (χ2n) is 4.55. The van der Waals surface area contributed by atoms with E-state index in [0.717, 1.165) is 11.1 Å². The summed E-state index contributed by atoms with van der Waals surface area (Å²) in [7, 11) is 0. The Balaban J connectivity index is 2.06. The fourth-order valence-electron chi connectivity index (χ4n) is 1.89. The van der Waals surface area contributed by atoms with Crippen LogP contribution in [0.1, 0.15) is 34.5 Å². The summed E-state index contributed by atoms with van der Waals surface area (Å²) in [6.45, 7) is 1.95. The van der Waals surface area contributed by atoms with Crippen LogP contribution in [0.4, 0.5) is 0 Å². The molecular weight excluding hydrogens is 268 g/mol. The van der Waals surface area contributed by atoms with E-state index in [1.807, 2.05) is 37.3 Å². The zero-order chi connectivity index (χ0) is 14.5. The molecule has 3 nitrogen and oxygen atoms in total. The largest absolute Gasteiger partial charge is 0.389 e. The van der Waals surface area contributed by atoms with Crippen LogP contribution in [-0.4, -0.2) is 10.9 Å². The molecule has 0 aromatic heterocycles. The van der Waals surface area contributed by atoms with Gasteiger partial charge >= 0.3 is 0 Å². The van der Waals surface area contributed by atoms with Crippen molar-refractivity contribution >= 4 is 23.1 Å². The number of benzene rings is 2. The van der Waals surface area contributed by atoms with Crippen molar-refractivity contribution in [2.24, 2.45) is 5.73 Å². The van der Waals surface area contributed by atoms with Crippen molar-refractivity contribution in [1.29, 1.82) is 0 Å². The molecule has 0 spiro atoms. The Labute approximate surface area is 123 Å². The molecule has 0 aliphatic carbocycles. The SMILES string of the molecule is CC(NC(=O)c1ccc(C(N)=S)cc1)c1ccccc1. The topological polar surface area (TPSA) is 55.1 Å². The van der Waals surface area contributed by atoms with Gasteiger partial charge in [-0.25, -0.2) is 0 Å². The lowest BCUT2D eigenvalue weighted by atomic mass is 10.1. The van der Waals surface area contributed by atoms with E-state index in [2.05, 4.69) is 5.32 Å². The number of nitrogens with one attached hydrogen (secondary N) is 1. The molecule has 0 saturated heterocycles. The van der Waals surface area contributed by atoms with Crippen molar-refractivity contribution < 1.29 is 4.79 Å². The highest BCUT2D eigenvalue weighted by atomic mass is 32.1. The highest BCUT2D eigenvalue weighted by Crippen LogP contribution is 2.12. The molecule has 2 aromatic rings. The van der Waals surface area contributed by atoms with Crippen LogP contribution in [0.5, 0.6) is 0 Å². The maximum atomic E-state index is 12.1. The second kappa shape index (κ2) is 6.30. The number of rotatable bonds is 4. The second-order valence-corrected chi connectivity index (χ2v) is 4.99. The average Bonchev–Trinajstić information content (AvgIpc) is 2.48. The minimum absolute atomic E-state index is 0.0426. The van der Waals surface area contributed by atoms with Crippen molar-refractivity contribution in [1.82, 2.24) is 5.32 Å². The summed E-state index contributed by atoms with van der Waals surface area (Å²) in [5.41, 5.74) is 7.95. The molecule has 0 fully saturated rings. The van der Waals surface area contributed by atoms with Crippen molar-refractivity contribution in [3.63, 3.8) is 0 Å². The van der Waals surface area contributed by atoms with E-state index < -0.39 is 0 Å². The van der Waals surface area contributed by atoms with Gasteiger partial charge in [0, 0.05) is 11.1 Å². The van der Waals surface area contributed by atoms with Crippen LogP contribution in [0.3, 0.4) is 0 Å². The first-order chi connectivity index (χ1) is 9.58. The Morgan fingerprint density at radius 2 is 1.60 bits per heavy atom. The van der Waals surface area contributed by atoms with Crippen LogP contribution in [0.2, 0.25) is 0 Å². The summed E-state index contributed by atoms with van der Waals surface area (Å²) in [6.07, 6.45) is 0. The molecule has 0 radical (unpaired) electrons. The standard InChI is InChI=1S/C16H16N2OS/c1-11(12-5-3-2-4-6-12)18-16(19)14-9-7-13(8-10-14)15(17)20/h2-11H,1H3,(H2,17,20)(H,18,19). The molecule has 0 heterocycles. The number of carbonyl (C=O) groups excluding carboxylic acids is 1. The van der Waals surface area contributed by atoms with Gasteiger partial charge in [0.05, 0.1) is 6.04 Å². The first kappa shape index (κ1) is 14.2. The maximum absolute atomic E-state index is 12.1. The van der Waals surface area contributed by atoms with Gasteiger partial charge < -0.3 is 11.1 Å². The molecule has 0 bridgehead atoms. The third kappa shape index (κ3) is 3.42. The predicted molar refractivity (Wildman–Crippen MR) is 84.7 cm³/mol. The predicted octanol–water partition coefficient (Wildman–Crippen LogP) is 2.81. The molecule has 1 unspecified atom stereocenters. The average molecular weight is 284 g/mol. The molecule has 20 heavy (non-hydrogen) atoms. The van der Waals surface area contributed by atoms with Gasteiger partial charge in [-0.2, -0.15) is 0 Å². The van der Waals surface area contributed by atoms with Crippen molar-refractivity contribution in [3.05, 3.63) is 71.3 Å². The van der Waals surface area contributed by atoms with Crippen molar-refractivity contribution in [3.8, 4) is 0 Å². The third-order valence-electron chi connectivity index (χ3n) is 3.08. The minimum atomic E-state index is -0.115. The summed E-state index contributed by atoms with van der Waals surface area (Å²) in [4.78, 5) is 12.5. The fourth-order valence-corrected chi connectivity index (χ4v) is 2.03. The lowest BCUT2D eigenvalue weighted by Crippen LogP contribution is -2.26. The van der Waals surface area contributed by atoms with Crippen LogP contribution in [0.25, 0.3) is 0 Å². The lowest BCUT2D eigenvalue weighted by molar-refractivity contribution is 0.0940. The Bertz CT molecular complexity index is 608. The van der Waals surface area contributed by atoms with E-state index in [9.17, 15) is 4.79 Å². The summed E-state index contributed by atoms with van der Waals surface area (Å²) in [5.74, 6) is -0.115. The minimum Gasteiger partial charge on any atom is -0.389 e.